The molecule has 0 unspecified atom stereocenters. The number of nitrogens with zero attached hydrogens (tertiary/aromatic N) is 1. The molecule has 1 spiro atoms. The minimum atomic E-state index is 0. The molecule has 3 rings (SSSR count). The summed E-state index contributed by atoms with van der Waals surface area (Å²) >= 11 is 5.88. The first kappa shape index (κ1) is 14.2. The summed E-state index contributed by atoms with van der Waals surface area (Å²) in [6.07, 6.45) is 5.92. The third kappa shape index (κ3) is 2.71. The zero-order chi connectivity index (χ0) is 12.6. The van der Waals surface area contributed by atoms with Gasteiger partial charge in [-0.1, -0.05) is 38.3 Å². The highest BCUT2D eigenvalue weighted by molar-refractivity contribution is 6.30. The van der Waals surface area contributed by atoms with Gasteiger partial charge in [-0.15, -0.1) is 0 Å². The molecule has 3 nitrogen and oxygen atoms in total. The molecule has 2 amide bonds. The Labute approximate surface area is 119 Å². The summed E-state index contributed by atoms with van der Waals surface area (Å²) in [4.78, 5) is 13.9. The van der Waals surface area contributed by atoms with Crippen LogP contribution in [0.3, 0.4) is 0 Å². The molecule has 2 aliphatic rings. The molecule has 4 heteroatoms. The van der Waals surface area contributed by atoms with Gasteiger partial charge in [0.25, 0.3) is 0 Å². The van der Waals surface area contributed by atoms with Crippen molar-refractivity contribution in [1.82, 2.24) is 5.32 Å². The Morgan fingerprint density at radius 2 is 1.74 bits per heavy atom. The fourth-order valence-electron chi connectivity index (χ4n) is 3.05. The lowest BCUT2D eigenvalue weighted by atomic mass is 9.82. The van der Waals surface area contributed by atoms with Gasteiger partial charge in [0.2, 0.25) is 0 Å². The van der Waals surface area contributed by atoms with Crippen molar-refractivity contribution in [3.63, 3.8) is 0 Å². The second-order valence-corrected chi connectivity index (χ2v) is 5.77. The number of halogens is 1. The first-order valence-electron chi connectivity index (χ1n) is 6.54. The fourth-order valence-corrected chi connectivity index (χ4v) is 3.18. The summed E-state index contributed by atoms with van der Waals surface area (Å²) in [5, 5.41) is 3.89. The second kappa shape index (κ2) is 5.41. The zero-order valence-electron chi connectivity index (χ0n) is 10.3. The molecule has 1 saturated carbocycles. The van der Waals surface area contributed by atoms with Crippen LogP contribution in [0, 0.1) is 0 Å². The first-order valence-corrected chi connectivity index (χ1v) is 6.92. The predicted molar refractivity (Wildman–Crippen MR) is 79.9 cm³/mol. The van der Waals surface area contributed by atoms with Crippen molar-refractivity contribution in [2.24, 2.45) is 0 Å². The molecule has 1 N–H and O–H groups in total. The smallest absolute Gasteiger partial charge is 0.322 e. The number of nitrogens with one attached hydrogen (secondary N) is 1. The van der Waals surface area contributed by atoms with Gasteiger partial charge in [0.05, 0.1) is 12.1 Å². The molecule has 1 heterocycles. The largest absolute Gasteiger partial charge is 0.330 e. The average Bonchev–Trinajstić information content (AvgIpc) is 2.68. The summed E-state index contributed by atoms with van der Waals surface area (Å²) in [5.41, 5.74) is 0.939. The van der Waals surface area contributed by atoms with Crippen LogP contribution < -0.4 is 10.2 Å². The topological polar surface area (TPSA) is 32.3 Å². The summed E-state index contributed by atoms with van der Waals surface area (Å²) in [7, 11) is 0. The molecule has 1 aromatic carbocycles. The molecule has 0 atom stereocenters. The van der Waals surface area contributed by atoms with E-state index >= 15 is 0 Å². The number of anilines is 1. The third-order valence-corrected chi connectivity index (χ3v) is 4.28. The van der Waals surface area contributed by atoms with Crippen molar-refractivity contribution < 1.29 is 4.79 Å². The van der Waals surface area contributed by atoms with E-state index in [9.17, 15) is 4.79 Å². The van der Waals surface area contributed by atoms with Gasteiger partial charge in [-0.05, 0) is 37.1 Å². The summed E-state index contributed by atoms with van der Waals surface area (Å²) in [6, 6.07) is 7.50. The van der Waals surface area contributed by atoms with Crippen molar-refractivity contribution in [3.05, 3.63) is 29.3 Å². The van der Waals surface area contributed by atoms with Crippen LogP contribution in [0.1, 0.15) is 39.5 Å². The Morgan fingerprint density at radius 3 is 2.37 bits per heavy atom. The maximum atomic E-state index is 12.1. The van der Waals surface area contributed by atoms with Crippen LogP contribution in [0.2, 0.25) is 5.02 Å². The average molecular weight is 281 g/mol. The fraction of sp³-hybridized carbons (Fsp3) is 0.533. The number of hydrogen-bond acceptors (Lipinski definition) is 1. The molecule has 0 radical (unpaired) electrons. The highest BCUT2D eigenvalue weighted by Crippen LogP contribution is 2.34. The number of carbonyl (C=O) groups excluding carboxylic acids is 1. The Kier molecular flexibility index (Phi) is 4.04. The maximum absolute atomic E-state index is 12.1. The van der Waals surface area contributed by atoms with Gasteiger partial charge >= 0.3 is 6.03 Å². The minimum Gasteiger partial charge on any atom is -0.330 e. The lowest BCUT2D eigenvalue weighted by molar-refractivity contribution is 0.237. The van der Waals surface area contributed by atoms with Gasteiger partial charge in [-0.3, -0.25) is 4.90 Å². The number of amides is 2. The van der Waals surface area contributed by atoms with Crippen LogP contribution in [-0.4, -0.2) is 18.1 Å². The highest BCUT2D eigenvalue weighted by Gasteiger charge is 2.43. The predicted octanol–water partition coefficient (Wildman–Crippen LogP) is 4.21. The Bertz CT molecular complexity index is 452. The SMILES string of the molecule is C.O=C1NC2(CCCCC2)CN1c1ccc(Cl)cc1. The maximum Gasteiger partial charge on any atom is 0.322 e. The number of benzene rings is 1. The summed E-state index contributed by atoms with van der Waals surface area (Å²) in [6.45, 7) is 0.785. The normalized spacial score (nSPS) is 21.1. The van der Waals surface area contributed by atoms with Crippen LogP contribution in [0.25, 0.3) is 0 Å². The molecule has 0 aromatic heterocycles. The van der Waals surface area contributed by atoms with Crippen molar-refractivity contribution in [1.29, 1.82) is 0 Å². The van der Waals surface area contributed by atoms with Gasteiger partial charge in [0.1, 0.15) is 0 Å². The van der Waals surface area contributed by atoms with Crippen LogP contribution in [0.15, 0.2) is 24.3 Å². The number of hydrogen-bond donors (Lipinski definition) is 1. The minimum absolute atomic E-state index is 0. The van der Waals surface area contributed by atoms with Gasteiger partial charge < -0.3 is 5.32 Å². The second-order valence-electron chi connectivity index (χ2n) is 5.33. The van der Waals surface area contributed by atoms with Crippen LogP contribution >= 0.6 is 11.6 Å². The van der Waals surface area contributed by atoms with Gasteiger partial charge in [0.15, 0.2) is 0 Å². The van der Waals surface area contributed by atoms with Crippen molar-refractivity contribution in [2.75, 3.05) is 11.4 Å². The number of rotatable bonds is 1. The van der Waals surface area contributed by atoms with Crippen molar-refractivity contribution >= 4 is 23.3 Å². The number of carbonyl (C=O) groups is 1. The van der Waals surface area contributed by atoms with E-state index in [1.807, 2.05) is 29.2 Å². The van der Waals surface area contributed by atoms with Crippen LogP contribution in [0.5, 0.6) is 0 Å². The summed E-state index contributed by atoms with van der Waals surface area (Å²) in [5.74, 6) is 0. The lowest BCUT2D eigenvalue weighted by Crippen LogP contribution is -2.44. The van der Waals surface area contributed by atoms with Crippen molar-refractivity contribution in [3.8, 4) is 0 Å². The molecule has 1 aromatic rings. The molecule has 0 bridgehead atoms. The molecule has 1 aliphatic carbocycles. The van der Waals surface area contributed by atoms with E-state index in [4.69, 9.17) is 11.6 Å². The van der Waals surface area contributed by atoms with Crippen LogP contribution in [-0.2, 0) is 0 Å². The van der Waals surface area contributed by atoms with E-state index in [1.54, 1.807) is 0 Å². The Balaban J connectivity index is 0.00000133. The Hall–Kier alpha value is -1.22. The third-order valence-electron chi connectivity index (χ3n) is 4.03. The van der Waals surface area contributed by atoms with E-state index in [0.717, 1.165) is 25.1 Å². The molecule has 1 saturated heterocycles. The van der Waals surface area contributed by atoms with Gasteiger partial charge in [0, 0.05) is 10.7 Å². The van der Waals surface area contributed by atoms with Gasteiger partial charge in [-0.25, -0.2) is 4.79 Å². The number of urea groups is 1. The molecule has 1 aliphatic heterocycles. The molecule has 104 valence electrons. The molecular formula is C15H21ClN2O. The monoisotopic (exact) mass is 280 g/mol. The van der Waals surface area contributed by atoms with E-state index in [1.165, 1.54) is 19.3 Å². The van der Waals surface area contributed by atoms with E-state index in [2.05, 4.69) is 5.32 Å². The molecule has 2 fully saturated rings. The quantitative estimate of drug-likeness (QED) is 0.821. The van der Waals surface area contributed by atoms with Crippen LogP contribution in [0.4, 0.5) is 10.5 Å². The highest BCUT2D eigenvalue weighted by atomic mass is 35.5. The van der Waals surface area contributed by atoms with E-state index in [0.29, 0.717) is 5.02 Å². The van der Waals surface area contributed by atoms with E-state index in [-0.39, 0.29) is 19.0 Å². The van der Waals surface area contributed by atoms with E-state index < -0.39 is 0 Å². The first-order chi connectivity index (χ1) is 8.69. The van der Waals surface area contributed by atoms with Crippen molar-refractivity contribution in [2.45, 2.75) is 45.1 Å². The Morgan fingerprint density at radius 1 is 1.11 bits per heavy atom. The standard InChI is InChI=1S/C14H17ClN2O.CH4/c15-11-4-6-12(7-5-11)17-10-14(16-13(17)18)8-2-1-3-9-14;/h4-7H,1-3,8-10H2,(H,16,18);1H4. The molecular weight excluding hydrogens is 260 g/mol. The zero-order valence-corrected chi connectivity index (χ0v) is 11.0. The molecule has 19 heavy (non-hydrogen) atoms. The summed E-state index contributed by atoms with van der Waals surface area (Å²) < 4.78 is 0. The van der Waals surface area contributed by atoms with Gasteiger partial charge in [-0.2, -0.15) is 0 Å². The lowest BCUT2D eigenvalue weighted by Gasteiger charge is -2.32.